The third kappa shape index (κ3) is 4.93. The van der Waals surface area contributed by atoms with Gasteiger partial charge in [0.1, 0.15) is 24.4 Å². The Morgan fingerprint density at radius 3 is 2.06 bits per heavy atom. The number of fused-ring (bicyclic) bond motifs is 4. The van der Waals surface area contributed by atoms with Crippen LogP contribution in [0.25, 0.3) is 0 Å². The zero-order valence-electron chi connectivity index (χ0n) is 21.4. The van der Waals surface area contributed by atoms with E-state index in [9.17, 15) is 29.4 Å². The molecule has 3 aliphatic carbocycles. The first kappa shape index (κ1) is 27.1. The summed E-state index contributed by atoms with van der Waals surface area (Å²) < 4.78 is 16.7. The summed E-state index contributed by atoms with van der Waals surface area (Å²) in [4.78, 5) is 49.8. The summed E-state index contributed by atoms with van der Waals surface area (Å²) in [6.07, 6.45) is -3.08. The Hall–Kier alpha value is -2.52. The van der Waals surface area contributed by atoms with Crippen molar-refractivity contribution in [3.8, 4) is 0 Å². The van der Waals surface area contributed by atoms with Crippen LogP contribution in [-0.4, -0.2) is 64.4 Å². The molecule has 7 atom stereocenters. The van der Waals surface area contributed by atoms with E-state index in [2.05, 4.69) is 0 Å². The molecule has 2 N–H and O–H groups in total. The topological polar surface area (TPSA) is 136 Å². The summed E-state index contributed by atoms with van der Waals surface area (Å²) in [6, 6.07) is 0. The maximum Gasteiger partial charge on any atom is 0.303 e. The monoisotopic (exact) mass is 492 g/mol. The molecule has 0 radical (unpaired) electrons. The minimum absolute atomic E-state index is 0.0127. The maximum absolute atomic E-state index is 14.0. The summed E-state index contributed by atoms with van der Waals surface area (Å²) in [7, 11) is 0. The fourth-order valence-electron chi connectivity index (χ4n) is 6.14. The van der Waals surface area contributed by atoms with E-state index >= 15 is 0 Å². The second-order valence-corrected chi connectivity index (χ2v) is 10.8. The van der Waals surface area contributed by atoms with Gasteiger partial charge in [-0.05, 0) is 37.0 Å². The molecule has 0 saturated heterocycles. The first-order chi connectivity index (χ1) is 16.1. The number of carbonyl (C=O) groups excluding carboxylic acids is 4. The molecule has 3 aliphatic rings. The molecule has 1 fully saturated rings. The fraction of sp³-hybridized carbons (Fsp3) is 0.692. The third-order valence-electron chi connectivity index (χ3n) is 7.92. The first-order valence-electron chi connectivity index (χ1n) is 11.9. The lowest BCUT2D eigenvalue weighted by Crippen LogP contribution is -2.57. The molecule has 3 rings (SSSR count). The van der Waals surface area contributed by atoms with Crippen molar-refractivity contribution in [1.29, 1.82) is 0 Å². The van der Waals surface area contributed by atoms with E-state index in [0.717, 1.165) is 0 Å². The van der Waals surface area contributed by atoms with Crippen LogP contribution >= 0.6 is 0 Å². The smallest absolute Gasteiger partial charge is 0.303 e. The number of aliphatic hydroxyl groups excluding tert-OH is 2. The molecule has 9 nitrogen and oxygen atoms in total. The van der Waals surface area contributed by atoms with E-state index in [-0.39, 0.29) is 19.3 Å². The Kier molecular flexibility index (Phi) is 7.35. The molecule has 35 heavy (non-hydrogen) atoms. The average Bonchev–Trinajstić information content (AvgIpc) is 2.70. The van der Waals surface area contributed by atoms with E-state index < -0.39 is 71.0 Å². The number of hydrogen-bond acceptors (Lipinski definition) is 9. The van der Waals surface area contributed by atoms with Gasteiger partial charge in [0, 0.05) is 49.5 Å². The van der Waals surface area contributed by atoms with Gasteiger partial charge < -0.3 is 24.4 Å². The van der Waals surface area contributed by atoms with E-state index in [0.29, 0.717) is 16.7 Å². The van der Waals surface area contributed by atoms with Crippen molar-refractivity contribution in [3.05, 3.63) is 22.8 Å². The Balaban J connectivity index is 2.29. The Morgan fingerprint density at radius 2 is 1.51 bits per heavy atom. The normalized spacial score (nSPS) is 36.6. The van der Waals surface area contributed by atoms with E-state index in [1.165, 1.54) is 20.8 Å². The zero-order valence-corrected chi connectivity index (χ0v) is 21.4. The first-order valence-corrected chi connectivity index (χ1v) is 11.9. The molecule has 0 aromatic carbocycles. The third-order valence-corrected chi connectivity index (χ3v) is 7.92. The molecule has 0 aliphatic heterocycles. The van der Waals surface area contributed by atoms with Gasteiger partial charge in [0.05, 0.1) is 6.10 Å². The van der Waals surface area contributed by atoms with Gasteiger partial charge in [-0.3, -0.25) is 19.2 Å². The molecule has 7 unspecified atom stereocenters. The van der Waals surface area contributed by atoms with Crippen molar-refractivity contribution in [3.63, 3.8) is 0 Å². The van der Waals surface area contributed by atoms with Crippen molar-refractivity contribution in [1.82, 2.24) is 0 Å². The number of ketones is 1. The Morgan fingerprint density at radius 1 is 0.943 bits per heavy atom. The molecule has 0 spiro atoms. The summed E-state index contributed by atoms with van der Waals surface area (Å²) in [5, 5.41) is 22.4. The van der Waals surface area contributed by atoms with Crippen molar-refractivity contribution in [2.24, 2.45) is 16.7 Å². The highest BCUT2D eigenvalue weighted by molar-refractivity contribution is 6.01. The van der Waals surface area contributed by atoms with Gasteiger partial charge >= 0.3 is 17.9 Å². The number of rotatable bonds is 3. The summed E-state index contributed by atoms with van der Waals surface area (Å²) >= 11 is 0. The van der Waals surface area contributed by atoms with Crippen LogP contribution in [0.3, 0.4) is 0 Å². The van der Waals surface area contributed by atoms with Crippen LogP contribution in [0.15, 0.2) is 22.8 Å². The number of esters is 3. The SMILES string of the molecule is CC(=O)OC1CC2C(OC(C)=O)C=C3CC(C)(C(OC(C)=O)CC3O)C(O)C(=O)C(=C1C)C2(C)C. The molecule has 4 bridgehead atoms. The lowest BCUT2D eigenvalue weighted by molar-refractivity contribution is -0.171. The predicted molar refractivity (Wildman–Crippen MR) is 124 cm³/mol. The standard InChI is InChI=1S/C26H36O9/c1-12-19(33-13(2)27)9-17-20(34-14(3)28)8-16-11-26(7,21(10-18(16)30)35-15(4)29)24(32)23(31)22(12)25(17,5)6/h8,17-21,24,30,32H,9-11H2,1-7H3. The molecular weight excluding hydrogens is 456 g/mol. The minimum Gasteiger partial charge on any atom is -0.462 e. The quantitative estimate of drug-likeness (QED) is 0.345. The van der Waals surface area contributed by atoms with Gasteiger partial charge in [-0.1, -0.05) is 20.8 Å². The van der Waals surface area contributed by atoms with E-state index in [1.807, 2.05) is 13.8 Å². The van der Waals surface area contributed by atoms with Gasteiger partial charge in [0.25, 0.3) is 0 Å². The van der Waals surface area contributed by atoms with Crippen molar-refractivity contribution < 1.29 is 43.6 Å². The zero-order chi connectivity index (χ0) is 26.5. The number of hydrogen-bond donors (Lipinski definition) is 2. The number of Topliss-reactive ketones (excluding diaryl/α,β-unsaturated/α-hetero) is 1. The Labute approximate surface area is 205 Å². The highest BCUT2D eigenvalue weighted by atomic mass is 16.6. The van der Waals surface area contributed by atoms with E-state index in [1.54, 1.807) is 19.9 Å². The summed E-state index contributed by atoms with van der Waals surface area (Å²) in [5.74, 6) is -2.69. The van der Waals surface area contributed by atoms with Gasteiger partial charge in [-0.15, -0.1) is 0 Å². The van der Waals surface area contributed by atoms with Crippen LogP contribution < -0.4 is 0 Å². The molecule has 1 saturated carbocycles. The van der Waals surface area contributed by atoms with Gasteiger partial charge in [0.15, 0.2) is 5.78 Å². The second kappa shape index (κ2) is 9.50. The maximum atomic E-state index is 14.0. The van der Waals surface area contributed by atoms with Crippen molar-refractivity contribution in [2.75, 3.05) is 0 Å². The van der Waals surface area contributed by atoms with Crippen LogP contribution in [0, 0.1) is 16.7 Å². The average molecular weight is 493 g/mol. The van der Waals surface area contributed by atoms with Crippen LogP contribution in [0.4, 0.5) is 0 Å². The van der Waals surface area contributed by atoms with Crippen LogP contribution in [0.1, 0.15) is 67.7 Å². The van der Waals surface area contributed by atoms with Crippen molar-refractivity contribution >= 4 is 23.7 Å². The highest BCUT2D eigenvalue weighted by Gasteiger charge is 2.56. The second-order valence-electron chi connectivity index (χ2n) is 10.8. The van der Waals surface area contributed by atoms with Crippen LogP contribution in [0.2, 0.25) is 0 Å². The van der Waals surface area contributed by atoms with Crippen molar-refractivity contribution in [2.45, 2.75) is 98.2 Å². The lowest BCUT2D eigenvalue weighted by atomic mass is 9.57. The van der Waals surface area contributed by atoms with Crippen LogP contribution in [-0.2, 0) is 33.4 Å². The number of carbonyl (C=O) groups is 4. The largest absolute Gasteiger partial charge is 0.462 e. The summed E-state index contributed by atoms with van der Waals surface area (Å²) in [6.45, 7) is 10.8. The Bertz CT molecular complexity index is 991. The van der Waals surface area contributed by atoms with E-state index in [4.69, 9.17) is 14.2 Å². The molecule has 9 heteroatoms. The molecule has 0 aromatic heterocycles. The highest BCUT2D eigenvalue weighted by Crippen LogP contribution is 2.53. The number of ether oxygens (including phenoxy) is 3. The molecule has 0 heterocycles. The molecule has 194 valence electrons. The van der Waals surface area contributed by atoms with Gasteiger partial charge in [0.2, 0.25) is 0 Å². The molecule has 0 aromatic rings. The molecular formula is C26H36O9. The minimum atomic E-state index is -1.56. The van der Waals surface area contributed by atoms with Crippen LogP contribution in [0.5, 0.6) is 0 Å². The lowest BCUT2D eigenvalue weighted by Gasteiger charge is -2.51. The van der Waals surface area contributed by atoms with Gasteiger partial charge in [-0.2, -0.15) is 0 Å². The fourth-order valence-corrected chi connectivity index (χ4v) is 6.14. The predicted octanol–water partition coefficient (Wildman–Crippen LogP) is 2.18. The number of aliphatic hydroxyl groups is 2. The van der Waals surface area contributed by atoms with Gasteiger partial charge in [-0.25, -0.2) is 0 Å². The summed E-state index contributed by atoms with van der Waals surface area (Å²) in [5.41, 5.74) is -0.821. The molecule has 0 amide bonds.